The molecule has 36 heavy (non-hydrogen) atoms. The molecule has 0 unspecified atom stereocenters. The molecule has 4 aromatic rings. The third kappa shape index (κ3) is 5.06. The number of hydrogen-bond donors (Lipinski definition) is 2. The number of carbonyl (C=O) groups excluding carboxylic acids is 3. The number of aromatic nitrogens is 1. The van der Waals surface area contributed by atoms with Crippen molar-refractivity contribution >= 4 is 50.6 Å². The molecule has 9 heteroatoms. The summed E-state index contributed by atoms with van der Waals surface area (Å²) >= 11 is 1.18. The zero-order chi connectivity index (χ0) is 26.0. The number of Topliss-reactive ketones (excluding diaryl/α,β-unsaturated/α-hetero) is 1. The second-order valence-electron chi connectivity index (χ2n) is 8.34. The van der Waals surface area contributed by atoms with Gasteiger partial charge in [0.1, 0.15) is 15.5 Å². The fourth-order valence-corrected chi connectivity index (χ4v) is 4.82. The first-order chi connectivity index (χ1) is 17.2. The van der Waals surface area contributed by atoms with E-state index in [4.69, 9.17) is 15.2 Å². The van der Waals surface area contributed by atoms with Crippen molar-refractivity contribution in [3.8, 4) is 5.75 Å². The minimum absolute atomic E-state index is 0.154. The Morgan fingerprint density at radius 3 is 2.53 bits per heavy atom. The molecule has 4 rings (SSSR count). The van der Waals surface area contributed by atoms with Crippen LogP contribution in [0.25, 0.3) is 10.2 Å². The minimum Gasteiger partial charge on any atom is -0.495 e. The van der Waals surface area contributed by atoms with Crippen molar-refractivity contribution < 1.29 is 23.9 Å². The number of rotatable bonds is 7. The third-order valence-corrected chi connectivity index (χ3v) is 6.75. The number of ketones is 1. The molecular weight excluding hydrogens is 478 g/mol. The van der Waals surface area contributed by atoms with Gasteiger partial charge in [0.25, 0.3) is 5.91 Å². The molecule has 0 saturated carbocycles. The molecule has 2 heterocycles. The topological polar surface area (TPSA) is 121 Å². The lowest BCUT2D eigenvalue weighted by Gasteiger charge is -2.12. The number of esters is 1. The quantitative estimate of drug-likeness (QED) is 0.266. The van der Waals surface area contributed by atoms with E-state index in [1.165, 1.54) is 36.6 Å². The standard InChI is InChI=1S/C27H25N3O5S/c1-14-5-8-18(15(2)11-14)21(31)13-35-27(33)17-7-10-22(34-4)20(12-17)30-25(32)24-23(28)19-9-6-16(3)29-26(19)36-24/h5-12H,13,28H2,1-4H3,(H,30,32). The number of pyridine rings is 1. The fourth-order valence-electron chi connectivity index (χ4n) is 3.79. The molecule has 0 aliphatic rings. The molecule has 0 atom stereocenters. The van der Waals surface area contributed by atoms with E-state index in [1.807, 2.05) is 45.0 Å². The van der Waals surface area contributed by atoms with E-state index in [2.05, 4.69) is 10.3 Å². The first kappa shape index (κ1) is 24.9. The van der Waals surface area contributed by atoms with Crippen LogP contribution in [-0.2, 0) is 4.74 Å². The van der Waals surface area contributed by atoms with Crippen LogP contribution in [0.2, 0.25) is 0 Å². The number of thiophene rings is 1. The average molecular weight is 504 g/mol. The maximum absolute atomic E-state index is 13.0. The van der Waals surface area contributed by atoms with Gasteiger partial charge in [-0.15, -0.1) is 11.3 Å². The van der Waals surface area contributed by atoms with Crippen molar-refractivity contribution in [1.29, 1.82) is 0 Å². The first-order valence-electron chi connectivity index (χ1n) is 11.1. The van der Waals surface area contributed by atoms with Gasteiger partial charge in [0, 0.05) is 16.6 Å². The molecule has 0 aliphatic heterocycles. The van der Waals surface area contributed by atoms with Gasteiger partial charge < -0.3 is 20.5 Å². The Hall–Kier alpha value is -4.24. The average Bonchev–Trinajstić information content (AvgIpc) is 3.17. The Bertz CT molecular complexity index is 1510. The summed E-state index contributed by atoms with van der Waals surface area (Å²) in [5, 5.41) is 3.46. The molecule has 8 nitrogen and oxygen atoms in total. The van der Waals surface area contributed by atoms with Crippen molar-refractivity contribution in [3.63, 3.8) is 0 Å². The number of nitrogens with zero attached hydrogens (tertiary/aromatic N) is 1. The molecule has 2 aromatic carbocycles. The van der Waals surface area contributed by atoms with Gasteiger partial charge in [0.2, 0.25) is 5.78 Å². The van der Waals surface area contributed by atoms with Gasteiger partial charge in [-0.2, -0.15) is 0 Å². The molecule has 3 N–H and O–H groups in total. The monoisotopic (exact) mass is 503 g/mol. The van der Waals surface area contributed by atoms with E-state index in [1.54, 1.807) is 6.07 Å². The summed E-state index contributed by atoms with van der Waals surface area (Å²) in [6.07, 6.45) is 0. The van der Waals surface area contributed by atoms with Crippen molar-refractivity contribution in [2.75, 3.05) is 24.8 Å². The van der Waals surface area contributed by atoms with Gasteiger partial charge in [0.15, 0.2) is 6.61 Å². The van der Waals surface area contributed by atoms with Crippen LogP contribution in [0.5, 0.6) is 5.75 Å². The van der Waals surface area contributed by atoms with E-state index in [-0.39, 0.29) is 17.0 Å². The van der Waals surface area contributed by atoms with Crippen LogP contribution in [0.3, 0.4) is 0 Å². The second kappa shape index (κ2) is 10.2. The molecule has 2 aromatic heterocycles. The third-order valence-electron chi connectivity index (χ3n) is 5.64. The summed E-state index contributed by atoms with van der Waals surface area (Å²) in [7, 11) is 1.45. The largest absolute Gasteiger partial charge is 0.495 e. The lowest BCUT2D eigenvalue weighted by atomic mass is 10.0. The maximum Gasteiger partial charge on any atom is 0.338 e. The summed E-state index contributed by atoms with van der Waals surface area (Å²) in [5.74, 6) is -1.11. The van der Waals surface area contributed by atoms with Gasteiger partial charge in [-0.25, -0.2) is 9.78 Å². The smallest absolute Gasteiger partial charge is 0.338 e. The van der Waals surface area contributed by atoms with E-state index in [0.29, 0.717) is 32.1 Å². The molecular formula is C27H25N3O5S. The zero-order valence-electron chi connectivity index (χ0n) is 20.3. The van der Waals surface area contributed by atoms with Crippen LogP contribution >= 0.6 is 11.3 Å². The Labute approximate surface area is 212 Å². The Balaban J connectivity index is 1.51. The molecule has 0 fully saturated rings. The first-order valence-corrected chi connectivity index (χ1v) is 11.9. The number of anilines is 2. The number of hydrogen-bond acceptors (Lipinski definition) is 8. The lowest BCUT2D eigenvalue weighted by molar-refractivity contribution is 0.0474. The van der Waals surface area contributed by atoms with Crippen molar-refractivity contribution in [1.82, 2.24) is 4.98 Å². The number of nitrogen functional groups attached to an aromatic ring is 1. The highest BCUT2D eigenvalue weighted by Crippen LogP contribution is 2.34. The van der Waals surface area contributed by atoms with Crippen molar-refractivity contribution in [3.05, 3.63) is 81.4 Å². The highest BCUT2D eigenvalue weighted by atomic mass is 32.1. The van der Waals surface area contributed by atoms with Gasteiger partial charge in [-0.05, 0) is 56.7 Å². The van der Waals surface area contributed by atoms with Crippen LogP contribution in [0.4, 0.5) is 11.4 Å². The second-order valence-corrected chi connectivity index (χ2v) is 9.34. The number of benzene rings is 2. The SMILES string of the molecule is COc1ccc(C(=O)OCC(=O)c2ccc(C)cc2C)cc1NC(=O)c1sc2nc(C)ccc2c1N. The van der Waals surface area contributed by atoms with Gasteiger partial charge in [-0.3, -0.25) is 9.59 Å². The van der Waals surface area contributed by atoms with Crippen LogP contribution in [0.15, 0.2) is 48.5 Å². The predicted octanol–water partition coefficient (Wildman–Crippen LogP) is 5.10. The van der Waals surface area contributed by atoms with Gasteiger partial charge in [0.05, 0.1) is 24.0 Å². The van der Waals surface area contributed by atoms with Crippen molar-refractivity contribution in [2.45, 2.75) is 20.8 Å². The van der Waals surface area contributed by atoms with Gasteiger partial charge >= 0.3 is 5.97 Å². The van der Waals surface area contributed by atoms with Gasteiger partial charge in [-0.1, -0.05) is 23.8 Å². The summed E-state index contributed by atoms with van der Waals surface area (Å²) in [5.41, 5.74) is 10.1. The number of fused-ring (bicyclic) bond motifs is 1. The number of amides is 1. The lowest BCUT2D eigenvalue weighted by Crippen LogP contribution is -2.16. The Kier molecular flexibility index (Phi) is 7.03. The summed E-state index contributed by atoms with van der Waals surface area (Å²) in [4.78, 5) is 43.7. The van der Waals surface area contributed by atoms with E-state index >= 15 is 0 Å². The zero-order valence-corrected chi connectivity index (χ0v) is 21.1. The molecule has 1 amide bonds. The maximum atomic E-state index is 13.0. The summed E-state index contributed by atoms with van der Waals surface area (Å²) in [6.45, 7) is 5.23. The van der Waals surface area contributed by atoms with Crippen LogP contribution in [0.1, 0.15) is 47.2 Å². The van der Waals surface area contributed by atoms with E-state index < -0.39 is 18.5 Å². The number of nitrogens with two attached hydrogens (primary N) is 1. The number of carbonyl (C=O) groups is 3. The highest BCUT2D eigenvalue weighted by Gasteiger charge is 2.20. The van der Waals surface area contributed by atoms with Crippen LogP contribution < -0.4 is 15.8 Å². The number of ether oxygens (including phenoxy) is 2. The number of nitrogens with one attached hydrogen (secondary N) is 1. The fraction of sp³-hybridized carbons (Fsp3) is 0.185. The van der Waals surface area contributed by atoms with E-state index in [9.17, 15) is 14.4 Å². The number of methoxy groups -OCH3 is 1. The molecule has 0 aliphatic carbocycles. The molecule has 0 spiro atoms. The Morgan fingerprint density at radius 1 is 1.03 bits per heavy atom. The molecule has 0 radical (unpaired) electrons. The normalized spacial score (nSPS) is 10.8. The molecule has 0 saturated heterocycles. The minimum atomic E-state index is -0.702. The number of aryl methyl sites for hydroxylation is 3. The summed E-state index contributed by atoms with van der Waals surface area (Å²) < 4.78 is 10.6. The van der Waals surface area contributed by atoms with Crippen molar-refractivity contribution in [2.24, 2.45) is 0 Å². The molecule has 0 bridgehead atoms. The Morgan fingerprint density at radius 2 is 1.81 bits per heavy atom. The van der Waals surface area contributed by atoms with Crippen LogP contribution in [-0.4, -0.2) is 36.4 Å². The van der Waals surface area contributed by atoms with Crippen LogP contribution in [0, 0.1) is 20.8 Å². The predicted molar refractivity (Wildman–Crippen MR) is 140 cm³/mol. The molecule has 184 valence electrons. The highest BCUT2D eigenvalue weighted by molar-refractivity contribution is 7.21. The van der Waals surface area contributed by atoms with E-state index in [0.717, 1.165) is 16.8 Å². The summed E-state index contributed by atoms with van der Waals surface area (Å²) in [6, 6.07) is 13.6.